The third-order valence-electron chi connectivity index (χ3n) is 3.53. The first-order valence-electron chi connectivity index (χ1n) is 6.76. The highest BCUT2D eigenvalue weighted by Gasteiger charge is 2.18. The summed E-state index contributed by atoms with van der Waals surface area (Å²) in [6, 6.07) is 9.25. The largest absolute Gasteiger partial charge is 0.508 e. The Labute approximate surface area is 131 Å². The fourth-order valence-corrected chi connectivity index (χ4v) is 2.42. The number of phenolic OH excluding ortho intramolecular Hbond substituents is 2. The first-order valence-corrected chi connectivity index (χ1v) is 6.76. The van der Waals surface area contributed by atoms with Gasteiger partial charge >= 0.3 is 5.63 Å². The van der Waals surface area contributed by atoms with E-state index < -0.39 is 5.63 Å². The van der Waals surface area contributed by atoms with Crippen molar-refractivity contribution < 1.29 is 24.1 Å². The van der Waals surface area contributed by atoms with Gasteiger partial charge < -0.3 is 24.1 Å². The van der Waals surface area contributed by atoms with Gasteiger partial charge in [-0.05, 0) is 30.3 Å². The van der Waals surface area contributed by atoms with Crippen molar-refractivity contribution in [2.75, 3.05) is 14.2 Å². The van der Waals surface area contributed by atoms with Crippen molar-refractivity contribution in [3.63, 3.8) is 0 Å². The Morgan fingerprint density at radius 3 is 2.43 bits per heavy atom. The van der Waals surface area contributed by atoms with E-state index in [1.807, 2.05) is 0 Å². The quantitative estimate of drug-likeness (QED) is 0.723. The van der Waals surface area contributed by atoms with E-state index in [1.165, 1.54) is 32.4 Å². The maximum absolute atomic E-state index is 12.3. The topological polar surface area (TPSA) is 89.1 Å². The van der Waals surface area contributed by atoms with Crippen LogP contribution < -0.4 is 15.1 Å². The van der Waals surface area contributed by atoms with Crippen LogP contribution in [0.5, 0.6) is 23.0 Å². The highest BCUT2D eigenvalue weighted by Crippen LogP contribution is 2.43. The molecule has 0 saturated carbocycles. The number of ether oxygens (including phenoxy) is 2. The van der Waals surface area contributed by atoms with Crippen LogP contribution >= 0.6 is 0 Å². The van der Waals surface area contributed by atoms with Gasteiger partial charge in [0.2, 0.25) is 5.75 Å². The van der Waals surface area contributed by atoms with Crippen molar-refractivity contribution in [1.82, 2.24) is 0 Å². The van der Waals surface area contributed by atoms with Crippen molar-refractivity contribution in [3.05, 3.63) is 46.8 Å². The second-order valence-electron chi connectivity index (χ2n) is 4.87. The Morgan fingerprint density at radius 2 is 1.74 bits per heavy atom. The molecule has 1 heterocycles. The van der Waals surface area contributed by atoms with Gasteiger partial charge in [0.25, 0.3) is 0 Å². The molecule has 118 valence electrons. The molecule has 0 aliphatic heterocycles. The summed E-state index contributed by atoms with van der Waals surface area (Å²) < 4.78 is 15.5. The number of hydrogen-bond acceptors (Lipinski definition) is 6. The standard InChI is InChI=1S/C17H14O6/c1-21-13-6-5-11(16(22-2)15(13)19)12-7-9-3-4-10(18)8-14(9)23-17(12)20/h3-8,18-19H,1-2H3. The molecule has 3 aromatic rings. The smallest absolute Gasteiger partial charge is 0.344 e. The van der Waals surface area contributed by atoms with Crippen LogP contribution in [-0.4, -0.2) is 24.4 Å². The Morgan fingerprint density at radius 1 is 0.957 bits per heavy atom. The van der Waals surface area contributed by atoms with Gasteiger partial charge in [-0.15, -0.1) is 0 Å². The van der Waals surface area contributed by atoms with Gasteiger partial charge in [0.05, 0.1) is 19.8 Å². The summed E-state index contributed by atoms with van der Waals surface area (Å²) in [5, 5.41) is 20.2. The van der Waals surface area contributed by atoms with Crippen molar-refractivity contribution in [3.8, 4) is 34.1 Å². The number of aromatic hydroxyl groups is 2. The lowest BCUT2D eigenvalue weighted by Gasteiger charge is -2.12. The summed E-state index contributed by atoms with van der Waals surface area (Å²) in [7, 11) is 2.81. The molecule has 0 bridgehead atoms. The number of hydrogen-bond donors (Lipinski definition) is 2. The predicted molar refractivity (Wildman–Crippen MR) is 84.4 cm³/mol. The first kappa shape index (κ1) is 14.8. The third kappa shape index (κ3) is 2.44. The number of methoxy groups -OCH3 is 2. The zero-order valence-electron chi connectivity index (χ0n) is 12.5. The summed E-state index contributed by atoms with van der Waals surface area (Å²) >= 11 is 0. The number of benzene rings is 2. The Hall–Kier alpha value is -3.15. The molecule has 1 aromatic heterocycles. The van der Waals surface area contributed by atoms with Crippen molar-refractivity contribution >= 4 is 11.0 Å². The SMILES string of the molecule is COc1ccc(-c2cc3ccc(O)cc3oc2=O)c(OC)c1O. The summed E-state index contributed by atoms with van der Waals surface area (Å²) in [5.41, 5.74) is 0.286. The lowest BCUT2D eigenvalue weighted by Crippen LogP contribution is -2.04. The van der Waals surface area contributed by atoms with E-state index >= 15 is 0 Å². The molecule has 0 unspecified atom stereocenters. The summed E-state index contributed by atoms with van der Waals surface area (Å²) in [5.74, 6) is 0.168. The molecule has 0 saturated heterocycles. The molecule has 0 spiro atoms. The molecule has 3 rings (SSSR count). The van der Waals surface area contributed by atoms with E-state index in [4.69, 9.17) is 13.9 Å². The van der Waals surface area contributed by atoms with Gasteiger partial charge in [-0.3, -0.25) is 0 Å². The van der Waals surface area contributed by atoms with E-state index in [2.05, 4.69) is 0 Å². The summed E-state index contributed by atoms with van der Waals surface area (Å²) in [6.07, 6.45) is 0. The molecule has 23 heavy (non-hydrogen) atoms. The number of rotatable bonds is 3. The van der Waals surface area contributed by atoms with Crippen LogP contribution in [0.3, 0.4) is 0 Å². The lowest BCUT2D eigenvalue weighted by atomic mass is 10.0. The minimum atomic E-state index is -0.606. The minimum Gasteiger partial charge on any atom is -0.508 e. The monoisotopic (exact) mass is 314 g/mol. The van der Waals surface area contributed by atoms with Crippen LogP contribution in [0, 0.1) is 0 Å². The third-order valence-corrected chi connectivity index (χ3v) is 3.53. The second-order valence-corrected chi connectivity index (χ2v) is 4.87. The predicted octanol–water partition coefficient (Wildman–Crippen LogP) is 2.89. The van der Waals surface area contributed by atoms with E-state index in [0.717, 1.165) is 0 Å². The maximum Gasteiger partial charge on any atom is 0.344 e. The van der Waals surface area contributed by atoms with Crippen LogP contribution in [0.4, 0.5) is 0 Å². The molecule has 0 amide bonds. The number of phenols is 2. The molecule has 6 nitrogen and oxygen atoms in total. The lowest BCUT2D eigenvalue weighted by molar-refractivity contribution is 0.341. The Bertz CT molecular complexity index is 942. The van der Waals surface area contributed by atoms with Crippen LogP contribution in [0.1, 0.15) is 0 Å². The Balaban J connectivity index is 2.28. The van der Waals surface area contributed by atoms with E-state index in [9.17, 15) is 15.0 Å². The second kappa shape index (κ2) is 5.57. The zero-order valence-corrected chi connectivity index (χ0v) is 12.5. The molecular formula is C17H14O6. The van der Waals surface area contributed by atoms with Crippen molar-refractivity contribution in [2.45, 2.75) is 0 Å². The van der Waals surface area contributed by atoms with Crippen LogP contribution in [0.2, 0.25) is 0 Å². The van der Waals surface area contributed by atoms with Crippen LogP contribution in [0.25, 0.3) is 22.1 Å². The van der Waals surface area contributed by atoms with Gasteiger partial charge in [-0.25, -0.2) is 4.79 Å². The molecular weight excluding hydrogens is 300 g/mol. The fraction of sp³-hybridized carbons (Fsp3) is 0.118. The van der Waals surface area contributed by atoms with Gasteiger partial charge in [-0.1, -0.05) is 0 Å². The molecule has 0 radical (unpaired) electrons. The average molecular weight is 314 g/mol. The Kier molecular flexibility index (Phi) is 3.57. The van der Waals surface area contributed by atoms with Gasteiger partial charge in [-0.2, -0.15) is 0 Å². The van der Waals surface area contributed by atoms with Crippen molar-refractivity contribution in [1.29, 1.82) is 0 Å². The minimum absolute atomic E-state index is 0.00747. The molecule has 2 aromatic carbocycles. The summed E-state index contributed by atoms with van der Waals surface area (Å²) in [6.45, 7) is 0. The molecule has 0 aliphatic carbocycles. The highest BCUT2D eigenvalue weighted by atomic mass is 16.5. The number of fused-ring (bicyclic) bond motifs is 1. The normalized spacial score (nSPS) is 10.7. The van der Waals surface area contributed by atoms with E-state index in [0.29, 0.717) is 10.9 Å². The highest BCUT2D eigenvalue weighted by molar-refractivity contribution is 5.85. The van der Waals surface area contributed by atoms with Crippen LogP contribution in [-0.2, 0) is 0 Å². The van der Waals surface area contributed by atoms with Gasteiger partial charge in [0.15, 0.2) is 11.5 Å². The summed E-state index contributed by atoms with van der Waals surface area (Å²) in [4.78, 5) is 12.3. The zero-order chi connectivity index (χ0) is 16.6. The van der Waals surface area contributed by atoms with E-state index in [1.54, 1.807) is 18.2 Å². The molecule has 0 atom stereocenters. The average Bonchev–Trinajstić information content (AvgIpc) is 2.54. The molecule has 6 heteroatoms. The maximum atomic E-state index is 12.3. The van der Waals surface area contributed by atoms with Gasteiger partial charge in [0.1, 0.15) is 11.3 Å². The molecule has 2 N–H and O–H groups in total. The molecule has 0 aliphatic rings. The first-order chi connectivity index (χ1) is 11.0. The fourth-order valence-electron chi connectivity index (χ4n) is 2.42. The van der Waals surface area contributed by atoms with Crippen molar-refractivity contribution in [2.24, 2.45) is 0 Å². The van der Waals surface area contributed by atoms with E-state index in [-0.39, 0.29) is 34.1 Å². The molecule has 0 fully saturated rings. The van der Waals surface area contributed by atoms with Gasteiger partial charge in [0, 0.05) is 17.0 Å². The van der Waals surface area contributed by atoms with Crippen LogP contribution in [0.15, 0.2) is 45.6 Å².